The first-order chi connectivity index (χ1) is 8.18. The standard InChI is InChI=1S/C14H7ClO2/c15-14(17)10-5-6-12(16)13-9-4-2-1-3-8(9)7-11(10)13/h1-7H. The van der Waals surface area contributed by atoms with Gasteiger partial charge < -0.3 is 0 Å². The molecular formula is C14H7ClO2. The summed E-state index contributed by atoms with van der Waals surface area (Å²) in [5.74, 6) is -0.0807. The average molecular weight is 243 g/mol. The summed E-state index contributed by atoms with van der Waals surface area (Å²) in [6, 6.07) is 7.56. The number of hydrogen-bond donors (Lipinski definition) is 0. The largest absolute Gasteiger partial charge is 0.289 e. The van der Waals surface area contributed by atoms with Crippen LogP contribution in [0.2, 0.25) is 0 Å². The van der Waals surface area contributed by atoms with Crippen molar-refractivity contribution in [2.75, 3.05) is 0 Å². The van der Waals surface area contributed by atoms with E-state index >= 15 is 0 Å². The van der Waals surface area contributed by atoms with Crippen LogP contribution in [0, 0.1) is 0 Å². The van der Waals surface area contributed by atoms with Crippen LogP contribution in [0.1, 0.15) is 0 Å². The molecule has 1 aromatic rings. The molecule has 2 aliphatic rings. The number of carbonyl (C=O) groups is 2. The van der Waals surface area contributed by atoms with Crippen LogP contribution in [0.5, 0.6) is 0 Å². The molecule has 0 aliphatic heterocycles. The maximum absolute atomic E-state index is 11.9. The van der Waals surface area contributed by atoms with Crippen LogP contribution < -0.4 is 10.4 Å². The number of hydrogen-bond acceptors (Lipinski definition) is 2. The normalized spacial score (nSPS) is 16.8. The Morgan fingerprint density at radius 1 is 1.12 bits per heavy atom. The molecule has 2 aliphatic carbocycles. The van der Waals surface area contributed by atoms with Crippen LogP contribution in [-0.4, -0.2) is 11.0 Å². The van der Waals surface area contributed by atoms with Gasteiger partial charge in [0.2, 0.25) is 0 Å². The first-order valence-corrected chi connectivity index (χ1v) is 5.54. The SMILES string of the molecule is O=C(Cl)C1=C2C=c3ccccc3=C2C(=O)C=C1. The lowest BCUT2D eigenvalue weighted by Crippen LogP contribution is -2.24. The second-order valence-electron chi connectivity index (χ2n) is 3.91. The van der Waals surface area contributed by atoms with Gasteiger partial charge in [0.15, 0.2) is 5.78 Å². The van der Waals surface area contributed by atoms with Gasteiger partial charge in [-0.1, -0.05) is 24.3 Å². The van der Waals surface area contributed by atoms with Crippen molar-refractivity contribution in [3.05, 3.63) is 58.0 Å². The number of halogens is 1. The molecule has 1 aromatic carbocycles. The van der Waals surface area contributed by atoms with Gasteiger partial charge in [-0.3, -0.25) is 9.59 Å². The maximum atomic E-state index is 11.9. The van der Waals surface area contributed by atoms with Gasteiger partial charge in [-0.25, -0.2) is 0 Å². The zero-order valence-electron chi connectivity index (χ0n) is 8.74. The van der Waals surface area contributed by atoms with Crippen molar-refractivity contribution < 1.29 is 9.59 Å². The summed E-state index contributed by atoms with van der Waals surface area (Å²) in [5, 5.41) is 1.28. The number of benzene rings is 1. The van der Waals surface area contributed by atoms with Crippen molar-refractivity contribution in [1.82, 2.24) is 0 Å². The smallest absolute Gasteiger partial charge is 0.253 e. The molecule has 0 radical (unpaired) electrons. The first-order valence-electron chi connectivity index (χ1n) is 5.16. The van der Waals surface area contributed by atoms with E-state index in [1.54, 1.807) is 0 Å². The van der Waals surface area contributed by atoms with Gasteiger partial charge in [-0.15, -0.1) is 0 Å². The molecule has 3 rings (SSSR count). The maximum Gasteiger partial charge on any atom is 0.253 e. The number of carbonyl (C=O) groups excluding carboxylic acids is 2. The van der Waals surface area contributed by atoms with Gasteiger partial charge in [0, 0.05) is 11.1 Å². The number of fused-ring (bicyclic) bond motifs is 2. The second-order valence-corrected chi connectivity index (χ2v) is 4.25. The molecule has 0 amide bonds. The molecule has 0 saturated heterocycles. The van der Waals surface area contributed by atoms with E-state index in [9.17, 15) is 9.59 Å². The Hall–Kier alpha value is -1.93. The Bertz CT molecular complexity index is 736. The number of allylic oxidation sites excluding steroid dienone is 4. The van der Waals surface area contributed by atoms with Gasteiger partial charge in [-0.2, -0.15) is 0 Å². The summed E-state index contributed by atoms with van der Waals surface area (Å²) in [7, 11) is 0. The van der Waals surface area contributed by atoms with Gasteiger partial charge >= 0.3 is 0 Å². The van der Waals surface area contributed by atoms with E-state index in [2.05, 4.69) is 0 Å². The Morgan fingerprint density at radius 2 is 1.88 bits per heavy atom. The monoisotopic (exact) mass is 242 g/mol. The Labute approximate surface area is 102 Å². The van der Waals surface area contributed by atoms with E-state index in [0.29, 0.717) is 16.7 Å². The molecular weight excluding hydrogens is 236 g/mol. The topological polar surface area (TPSA) is 34.1 Å². The Kier molecular flexibility index (Phi) is 2.13. The lowest BCUT2D eigenvalue weighted by molar-refractivity contribution is -0.109. The van der Waals surface area contributed by atoms with E-state index in [1.807, 2.05) is 30.3 Å². The van der Waals surface area contributed by atoms with Crippen molar-refractivity contribution in [2.45, 2.75) is 0 Å². The fourth-order valence-corrected chi connectivity index (χ4v) is 2.37. The fourth-order valence-electron chi connectivity index (χ4n) is 2.20. The van der Waals surface area contributed by atoms with Gasteiger partial charge in [0.25, 0.3) is 5.24 Å². The molecule has 0 fully saturated rings. The molecule has 0 atom stereocenters. The van der Waals surface area contributed by atoms with Crippen LogP contribution in [0.25, 0.3) is 11.6 Å². The third-order valence-corrected chi connectivity index (χ3v) is 3.15. The van der Waals surface area contributed by atoms with E-state index < -0.39 is 5.24 Å². The minimum absolute atomic E-state index is 0.0807. The van der Waals surface area contributed by atoms with E-state index in [4.69, 9.17) is 11.6 Å². The van der Waals surface area contributed by atoms with Crippen molar-refractivity contribution in [3.8, 4) is 0 Å². The van der Waals surface area contributed by atoms with Gasteiger partial charge in [0.1, 0.15) is 0 Å². The van der Waals surface area contributed by atoms with Crippen molar-refractivity contribution in [2.24, 2.45) is 0 Å². The molecule has 0 N–H and O–H groups in total. The fraction of sp³-hybridized carbons (Fsp3) is 0. The summed E-state index contributed by atoms with van der Waals surface area (Å²) in [6.45, 7) is 0. The molecule has 2 nitrogen and oxygen atoms in total. The molecule has 3 heteroatoms. The summed E-state index contributed by atoms with van der Waals surface area (Å²) in [5.41, 5.74) is 1.60. The first kappa shape index (κ1) is 10.2. The van der Waals surface area contributed by atoms with Crippen molar-refractivity contribution in [1.29, 1.82) is 0 Å². The highest BCUT2D eigenvalue weighted by atomic mass is 35.5. The minimum atomic E-state index is -0.537. The predicted octanol–water partition coefficient (Wildman–Crippen LogP) is 0.832. The van der Waals surface area contributed by atoms with Crippen LogP contribution in [0.4, 0.5) is 0 Å². The molecule has 0 unspecified atom stereocenters. The molecule has 0 spiro atoms. The Balaban J connectivity index is 2.46. The number of rotatable bonds is 1. The lowest BCUT2D eigenvalue weighted by Gasteiger charge is -2.09. The van der Waals surface area contributed by atoms with Crippen molar-refractivity contribution in [3.63, 3.8) is 0 Å². The minimum Gasteiger partial charge on any atom is -0.289 e. The lowest BCUT2D eigenvalue weighted by atomic mass is 9.93. The summed E-state index contributed by atoms with van der Waals surface area (Å²) < 4.78 is 0. The van der Waals surface area contributed by atoms with Gasteiger partial charge in [-0.05, 0) is 45.8 Å². The quantitative estimate of drug-likeness (QED) is 0.684. The van der Waals surface area contributed by atoms with E-state index in [0.717, 1.165) is 10.4 Å². The van der Waals surface area contributed by atoms with Crippen LogP contribution in [0.15, 0.2) is 47.6 Å². The third kappa shape index (κ3) is 1.41. The highest BCUT2D eigenvalue weighted by Gasteiger charge is 2.25. The molecule has 0 heterocycles. The summed E-state index contributed by atoms with van der Waals surface area (Å²) in [4.78, 5) is 23.2. The molecule has 0 saturated carbocycles. The second kappa shape index (κ2) is 3.54. The van der Waals surface area contributed by atoms with E-state index in [-0.39, 0.29) is 5.78 Å². The third-order valence-electron chi connectivity index (χ3n) is 2.95. The molecule has 0 bridgehead atoms. The highest BCUT2D eigenvalue weighted by Crippen LogP contribution is 2.26. The van der Waals surface area contributed by atoms with Crippen molar-refractivity contribution >= 4 is 34.3 Å². The highest BCUT2D eigenvalue weighted by molar-refractivity contribution is 6.68. The van der Waals surface area contributed by atoms with Crippen LogP contribution in [-0.2, 0) is 9.59 Å². The van der Waals surface area contributed by atoms with E-state index in [1.165, 1.54) is 12.2 Å². The van der Waals surface area contributed by atoms with Gasteiger partial charge in [0.05, 0.1) is 0 Å². The number of ketones is 1. The Morgan fingerprint density at radius 3 is 2.65 bits per heavy atom. The average Bonchev–Trinajstić information content (AvgIpc) is 2.68. The molecule has 82 valence electrons. The van der Waals surface area contributed by atoms with Crippen LogP contribution in [0.3, 0.4) is 0 Å². The summed E-state index contributed by atoms with van der Waals surface area (Å²) in [6.07, 6.45) is 4.71. The molecule has 0 aromatic heterocycles. The zero-order chi connectivity index (χ0) is 12.0. The summed E-state index contributed by atoms with van der Waals surface area (Å²) >= 11 is 5.52. The zero-order valence-corrected chi connectivity index (χ0v) is 9.49. The predicted molar refractivity (Wildman–Crippen MR) is 65.6 cm³/mol. The molecule has 17 heavy (non-hydrogen) atoms. The van der Waals surface area contributed by atoms with Crippen LogP contribution >= 0.6 is 11.6 Å².